The Balaban J connectivity index is 5.91. The molecule has 0 radical (unpaired) electrons. The Morgan fingerprint density at radius 1 is 0.629 bits per heavy atom. The van der Waals surface area contributed by atoms with Gasteiger partial charge in [-0.1, -0.05) is 81.1 Å². The van der Waals surface area contributed by atoms with Gasteiger partial charge < -0.3 is 20.8 Å². The van der Waals surface area contributed by atoms with Crippen molar-refractivity contribution in [2.75, 3.05) is 0 Å². The summed E-state index contributed by atoms with van der Waals surface area (Å²) in [4.78, 5) is 27.0. The standard InChI is InChI=1S/C29H58N2O4/c1-11-15-28(34,16-12-2)23(19-21(5)6)30-25(32)27(9,10)26(33)31-24(20-22(7)8)29(35,17-13-3)18-14-4/h21-24,34-35H,11-20H2,1-10H3,(H,30,32)(H,31,33)/t23-,24-/m1/s1. The summed E-state index contributed by atoms with van der Waals surface area (Å²) in [5, 5.41) is 29.1. The van der Waals surface area contributed by atoms with E-state index in [1.807, 2.05) is 27.7 Å². The highest BCUT2D eigenvalue weighted by Crippen LogP contribution is 2.31. The molecule has 0 aliphatic carbocycles. The molecule has 35 heavy (non-hydrogen) atoms. The van der Waals surface area contributed by atoms with Gasteiger partial charge in [-0.3, -0.25) is 9.59 Å². The van der Waals surface area contributed by atoms with Crippen LogP contribution in [0.2, 0.25) is 0 Å². The summed E-state index contributed by atoms with van der Waals surface area (Å²) < 4.78 is 0. The lowest BCUT2D eigenvalue weighted by Gasteiger charge is -2.41. The van der Waals surface area contributed by atoms with Crippen molar-refractivity contribution in [1.82, 2.24) is 10.6 Å². The van der Waals surface area contributed by atoms with Crippen LogP contribution in [-0.4, -0.2) is 45.3 Å². The second kappa shape index (κ2) is 15.2. The molecule has 0 aromatic heterocycles. The van der Waals surface area contributed by atoms with Gasteiger partial charge in [0, 0.05) is 0 Å². The summed E-state index contributed by atoms with van der Waals surface area (Å²) in [6.07, 6.45) is 6.94. The Hall–Kier alpha value is -1.14. The first kappa shape index (κ1) is 33.9. The molecular weight excluding hydrogens is 440 g/mol. The molecule has 0 saturated heterocycles. The van der Waals surface area contributed by atoms with Crippen LogP contribution < -0.4 is 10.6 Å². The van der Waals surface area contributed by atoms with E-state index in [1.165, 1.54) is 0 Å². The quantitative estimate of drug-likeness (QED) is 0.181. The molecule has 0 bridgehead atoms. The van der Waals surface area contributed by atoms with Gasteiger partial charge in [0.2, 0.25) is 11.8 Å². The molecule has 0 unspecified atom stereocenters. The fourth-order valence-corrected chi connectivity index (χ4v) is 5.23. The van der Waals surface area contributed by atoms with Gasteiger partial charge in [-0.05, 0) is 64.2 Å². The van der Waals surface area contributed by atoms with Crippen LogP contribution in [0.3, 0.4) is 0 Å². The molecule has 0 aliphatic heterocycles. The van der Waals surface area contributed by atoms with E-state index in [-0.39, 0.29) is 23.7 Å². The second-order valence-corrected chi connectivity index (χ2v) is 12.1. The van der Waals surface area contributed by atoms with Gasteiger partial charge in [0.25, 0.3) is 0 Å². The maximum absolute atomic E-state index is 13.5. The minimum Gasteiger partial charge on any atom is -0.388 e. The van der Waals surface area contributed by atoms with Crippen LogP contribution in [0.4, 0.5) is 0 Å². The van der Waals surface area contributed by atoms with E-state index in [2.05, 4.69) is 38.3 Å². The number of rotatable bonds is 18. The van der Waals surface area contributed by atoms with E-state index in [9.17, 15) is 19.8 Å². The summed E-state index contributed by atoms with van der Waals surface area (Å²) in [6, 6.07) is -0.851. The summed E-state index contributed by atoms with van der Waals surface area (Å²) >= 11 is 0. The van der Waals surface area contributed by atoms with Crippen LogP contribution in [0, 0.1) is 17.3 Å². The molecule has 0 aliphatic rings. The van der Waals surface area contributed by atoms with Gasteiger partial charge in [0.05, 0.1) is 23.3 Å². The second-order valence-electron chi connectivity index (χ2n) is 12.1. The predicted octanol–water partition coefficient (Wildman–Crippen LogP) is 5.74. The average molecular weight is 499 g/mol. The van der Waals surface area contributed by atoms with Crippen LogP contribution in [0.5, 0.6) is 0 Å². The largest absolute Gasteiger partial charge is 0.388 e. The molecule has 2 atom stereocenters. The molecule has 0 heterocycles. The number of nitrogens with one attached hydrogen (secondary N) is 2. The Labute approximate surface area is 216 Å². The highest BCUT2D eigenvalue weighted by Gasteiger charge is 2.44. The van der Waals surface area contributed by atoms with Crippen LogP contribution in [0.15, 0.2) is 0 Å². The molecule has 0 aromatic carbocycles. The normalized spacial score (nSPS) is 14.8. The third kappa shape index (κ3) is 10.4. The maximum Gasteiger partial charge on any atom is 0.235 e. The minimum atomic E-state index is -1.34. The lowest BCUT2D eigenvalue weighted by atomic mass is 9.79. The van der Waals surface area contributed by atoms with Crippen molar-refractivity contribution < 1.29 is 19.8 Å². The molecule has 0 rings (SSSR count). The topological polar surface area (TPSA) is 98.7 Å². The van der Waals surface area contributed by atoms with Gasteiger partial charge in [0.1, 0.15) is 5.41 Å². The van der Waals surface area contributed by atoms with Gasteiger partial charge >= 0.3 is 0 Å². The van der Waals surface area contributed by atoms with E-state index in [0.29, 0.717) is 38.5 Å². The predicted molar refractivity (Wildman–Crippen MR) is 146 cm³/mol. The number of carbonyl (C=O) groups is 2. The fraction of sp³-hybridized carbons (Fsp3) is 0.931. The van der Waals surface area contributed by atoms with Gasteiger partial charge in [0.15, 0.2) is 0 Å². The number of carbonyl (C=O) groups excluding carboxylic acids is 2. The first-order chi connectivity index (χ1) is 16.1. The van der Waals surface area contributed by atoms with Crippen molar-refractivity contribution in [2.24, 2.45) is 17.3 Å². The summed E-state index contributed by atoms with van der Waals surface area (Å²) in [5.41, 5.74) is -3.35. The van der Waals surface area contributed by atoms with Crippen LogP contribution >= 0.6 is 0 Å². The number of aliphatic hydroxyl groups is 2. The average Bonchev–Trinajstić information content (AvgIpc) is 2.72. The van der Waals surface area contributed by atoms with Crippen molar-refractivity contribution >= 4 is 11.8 Å². The number of amides is 2. The third-order valence-corrected chi connectivity index (χ3v) is 7.19. The third-order valence-electron chi connectivity index (χ3n) is 7.19. The smallest absolute Gasteiger partial charge is 0.235 e. The van der Waals surface area contributed by atoms with E-state index < -0.39 is 28.7 Å². The number of hydrogen-bond donors (Lipinski definition) is 4. The summed E-state index contributed by atoms with van der Waals surface area (Å²) in [5.74, 6) is -0.204. The number of hydrogen-bond acceptors (Lipinski definition) is 4. The van der Waals surface area contributed by atoms with Gasteiger partial charge in [-0.25, -0.2) is 0 Å². The minimum absolute atomic E-state index is 0.283. The Bertz CT molecular complexity index is 566. The van der Waals surface area contributed by atoms with Crippen molar-refractivity contribution in [3.8, 4) is 0 Å². The van der Waals surface area contributed by atoms with Crippen molar-refractivity contribution in [2.45, 2.75) is 157 Å². The SMILES string of the molecule is CCCC(O)(CCC)[C@@H](CC(C)C)NC(=O)C(C)(C)C(=O)N[C@H](CC(C)C)C(O)(CCC)CCC. The maximum atomic E-state index is 13.5. The van der Waals surface area contributed by atoms with E-state index >= 15 is 0 Å². The monoisotopic (exact) mass is 498 g/mol. The van der Waals surface area contributed by atoms with E-state index in [0.717, 1.165) is 25.7 Å². The highest BCUT2D eigenvalue weighted by molar-refractivity contribution is 6.04. The molecule has 4 N–H and O–H groups in total. The Kier molecular flexibility index (Phi) is 14.7. The lowest BCUT2D eigenvalue weighted by Crippen LogP contribution is -2.60. The molecule has 0 saturated carbocycles. The lowest BCUT2D eigenvalue weighted by molar-refractivity contribution is -0.145. The molecular formula is C29H58N2O4. The molecule has 0 aromatic rings. The molecule has 0 fully saturated rings. The molecule has 0 spiro atoms. The zero-order chi connectivity index (χ0) is 27.4. The van der Waals surface area contributed by atoms with Gasteiger partial charge in [-0.2, -0.15) is 0 Å². The van der Waals surface area contributed by atoms with E-state index in [4.69, 9.17) is 0 Å². The fourth-order valence-electron chi connectivity index (χ4n) is 5.23. The zero-order valence-electron chi connectivity index (χ0n) is 24.6. The first-order valence-electron chi connectivity index (χ1n) is 14.2. The van der Waals surface area contributed by atoms with Crippen molar-refractivity contribution in [1.29, 1.82) is 0 Å². The first-order valence-corrected chi connectivity index (χ1v) is 14.2. The van der Waals surface area contributed by atoms with Crippen molar-refractivity contribution in [3.05, 3.63) is 0 Å². The van der Waals surface area contributed by atoms with E-state index in [1.54, 1.807) is 13.8 Å². The molecule has 2 amide bonds. The Morgan fingerprint density at radius 2 is 0.886 bits per heavy atom. The van der Waals surface area contributed by atoms with Crippen LogP contribution in [0.25, 0.3) is 0 Å². The van der Waals surface area contributed by atoms with Gasteiger partial charge in [-0.15, -0.1) is 0 Å². The molecule has 6 heteroatoms. The van der Waals surface area contributed by atoms with Crippen LogP contribution in [0.1, 0.15) is 133 Å². The van der Waals surface area contributed by atoms with Crippen LogP contribution in [-0.2, 0) is 9.59 Å². The zero-order valence-corrected chi connectivity index (χ0v) is 24.6. The molecule has 208 valence electrons. The van der Waals surface area contributed by atoms with Crippen molar-refractivity contribution in [3.63, 3.8) is 0 Å². The highest BCUT2D eigenvalue weighted by atomic mass is 16.3. The summed E-state index contributed by atoms with van der Waals surface area (Å²) in [7, 11) is 0. The Morgan fingerprint density at radius 3 is 1.09 bits per heavy atom. The summed E-state index contributed by atoms with van der Waals surface area (Å²) in [6.45, 7) is 19.7. The molecule has 6 nitrogen and oxygen atoms in total.